The minimum Gasteiger partial charge on any atom is -0.258 e. The topological polar surface area (TPSA) is 43.1 Å². The van der Waals surface area contributed by atoms with Gasteiger partial charge in [0.2, 0.25) is 0 Å². The van der Waals surface area contributed by atoms with Crippen LogP contribution < -0.4 is 0 Å². The maximum absolute atomic E-state index is 10.6. The zero-order chi connectivity index (χ0) is 14.8. The van der Waals surface area contributed by atoms with Gasteiger partial charge in [-0.3, -0.25) is 10.1 Å². The van der Waals surface area contributed by atoms with Crippen LogP contribution in [0.3, 0.4) is 0 Å². The number of hydrogen-bond donors (Lipinski definition) is 0. The summed E-state index contributed by atoms with van der Waals surface area (Å²) < 4.78 is 0. The maximum atomic E-state index is 10.6. The first kappa shape index (κ1) is 15.3. The number of rotatable bonds is 4. The highest BCUT2D eigenvalue weighted by molar-refractivity contribution is 6.21. The molecule has 1 aliphatic carbocycles. The molecule has 2 rings (SSSR count). The molecule has 3 nitrogen and oxygen atoms in total. The van der Waals surface area contributed by atoms with Crippen LogP contribution >= 0.6 is 11.6 Å². The molecule has 0 saturated heterocycles. The molecule has 1 fully saturated rings. The Morgan fingerprint density at radius 1 is 1.35 bits per heavy atom. The normalized spacial score (nSPS) is 23.2. The molecule has 20 heavy (non-hydrogen) atoms. The van der Waals surface area contributed by atoms with Gasteiger partial charge in [0.25, 0.3) is 5.69 Å². The molecule has 0 spiro atoms. The van der Waals surface area contributed by atoms with Gasteiger partial charge >= 0.3 is 0 Å². The molecule has 4 heteroatoms. The van der Waals surface area contributed by atoms with E-state index in [1.807, 2.05) is 12.1 Å². The lowest BCUT2D eigenvalue weighted by Gasteiger charge is -2.41. The van der Waals surface area contributed by atoms with Crippen LogP contribution in [0.2, 0.25) is 0 Å². The number of nitro groups is 1. The van der Waals surface area contributed by atoms with Crippen molar-refractivity contribution in [3.63, 3.8) is 0 Å². The number of benzene rings is 1. The van der Waals surface area contributed by atoms with E-state index in [0.717, 1.165) is 12.0 Å². The van der Waals surface area contributed by atoms with Gasteiger partial charge in [-0.15, -0.1) is 11.6 Å². The fourth-order valence-corrected chi connectivity index (χ4v) is 3.96. The number of hydrogen-bond acceptors (Lipinski definition) is 2. The second kappa shape index (κ2) is 6.13. The lowest BCUT2D eigenvalue weighted by Crippen LogP contribution is -2.35. The van der Waals surface area contributed by atoms with Crippen molar-refractivity contribution in [1.82, 2.24) is 0 Å². The van der Waals surface area contributed by atoms with E-state index >= 15 is 0 Å². The molecular formula is C16H22ClNO2. The van der Waals surface area contributed by atoms with Gasteiger partial charge in [-0.1, -0.05) is 38.8 Å². The van der Waals surface area contributed by atoms with Crippen LogP contribution in [0.25, 0.3) is 0 Å². The highest BCUT2D eigenvalue weighted by Crippen LogP contribution is 2.44. The first-order valence-corrected chi connectivity index (χ1v) is 7.71. The Labute approximate surface area is 125 Å². The third-order valence-electron chi connectivity index (χ3n) is 4.60. The molecule has 110 valence electrons. The third-order valence-corrected chi connectivity index (χ3v) is 5.06. The highest BCUT2D eigenvalue weighted by Gasteiger charge is 2.36. The second-order valence-electron chi connectivity index (χ2n) is 6.48. The summed E-state index contributed by atoms with van der Waals surface area (Å²) in [6.45, 7) is 4.62. The fourth-order valence-electron chi connectivity index (χ4n) is 3.31. The van der Waals surface area contributed by atoms with Crippen molar-refractivity contribution in [2.75, 3.05) is 0 Å². The Hall–Kier alpha value is -1.09. The zero-order valence-corrected chi connectivity index (χ0v) is 12.9. The first-order chi connectivity index (χ1) is 9.40. The number of halogens is 1. The Morgan fingerprint density at radius 2 is 2.00 bits per heavy atom. The van der Waals surface area contributed by atoms with Crippen molar-refractivity contribution in [2.45, 2.75) is 51.3 Å². The lowest BCUT2D eigenvalue weighted by atomic mass is 9.67. The molecule has 1 aromatic rings. The third kappa shape index (κ3) is 3.51. The van der Waals surface area contributed by atoms with Gasteiger partial charge in [-0.2, -0.15) is 0 Å². The second-order valence-corrected chi connectivity index (χ2v) is 7.05. The molecule has 2 unspecified atom stereocenters. The van der Waals surface area contributed by atoms with Crippen LogP contribution in [0.4, 0.5) is 5.69 Å². The van der Waals surface area contributed by atoms with Gasteiger partial charge in [0, 0.05) is 17.5 Å². The van der Waals surface area contributed by atoms with Gasteiger partial charge in [-0.25, -0.2) is 0 Å². The van der Waals surface area contributed by atoms with Crippen LogP contribution in [0.1, 0.15) is 45.1 Å². The minimum absolute atomic E-state index is 0.103. The summed E-state index contributed by atoms with van der Waals surface area (Å²) in [5, 5.41) is 10.7. The highest BCUT2D eigenvalue weighted by atomic mass is 35.5. The number of nitrogens with zero attached hydrogens (tertiary/aromatic N) is 1. The van der Waals surface area contributed by atoms with E-state index in [1.54, 1.807) is 12.1 Å². The van der Waals surface area contributed by atoms with Crippen molar-refractivity contribution in [3.8, 4) is 0 Å². The van der Waals surface area contributed by atoms with Crippen LogP contribution in [0.15, 0.2) is 24.3 Å². The van der Waals surface area contributed by atoms with Crippen LogP contribution in [0, 0.1) is 21.4 Å². The van der Waals surface area contributed by atoms with E-state index in [2.05, 4.69) is 13.8 Å². The van der Waals surface area contributed by atoms with Crippen LogP contribution in [-0.2, 0) is 6.42 Å². The maximum Gasteiger partial charge on any atom is 0.269 e. The van der Waals surface area contributed by atoms with E-state index in [1.165, 1.54) is 25.7 Å². The average Bonchev–Trinajstić information content (AvgIpc) is 2.38. The summed E-state index contributed by atoms with van der Waals surface area (Å²) in [5.74, 6) is 0.521. The number of non-ortho nitro benzene ring substituents is 1. The Bertz CT molecular complexity index is 470. The van der Waals surface area contributed by atoms with Gasteiger partial charge < -0.3 is 0 Å². The van der Waals surface area contributed by atoms with Crippen molar-refractivity contribution < 1.29 is 4.92 Å². The molecule has 0 aliphatic heterocycles. The quantitative estimate of drug-likeness (QED) is 0.447. The summed E-state index contributed by atoms with van der Waals surface area (Å²) in [5.41, 5.74) is 1.51. The summed E-state index contributed by atoms with van der Waals surface area (Å²) in [6.07, 6.45) is 5.77. The van der Waals surface area contributed by atoms with Crippen molar-refractivity contribution >= 4 is 17.3 Å². The predicted octanol–water partition coefficient (Wildman–Crippen LogP) is 4.96. The summed E-state index contributed by atoms with van der Waals surface area (Å²) >= 11 is 6.65. The fraction of sp³-hybridized carbons (Fsp3) is 0.625. The Balaban J connectivity index is 2.03. The standard InChI is InChI=1S/C16H22ClNO2/c1-16(2)10-4-3-5-14(16)15(17)11-12-6-8-13(9-7-12)18(19)20/h6-9,14-15H,3-5,10-11H2,1-2H3. The van der Waals surface area contributed by atoms with Crippen LogP contribution in [0.5, 0.6) is 0 Å². The smallest absolute Gasteiger partial charge is 0.258 e. The molecule has 1 aliphatic rings. The van der Waals surface area contributed by atoms with Crippen molar-refractivity contribution in [2.24, 2.45) is 11.3 Å². The molecule has 0 aromatic heterocycles. The predicted molar refractivity (Wildman–Crippen MR) is 82.2 cm³/mol. The minimum atomic E-state index is -0.369. The van der Waals surface area contributed by atoms with E-state index in [-0.39, 0.29) is 16.0 Å². The Morgan fingerprint density at radius 3 is 2.55 bits per heavy atom. The largest absolute Gasteiger partial charge is 0.269 e. The van der Waals surface area contributed by atoms with E-state index in [4.69, 9.17) is 11.6 Å². The molecule has 0 bridgehead atoms. The monoisotopic (exact) mass is 295 g/mol. The number of alkyl halides is 1. The van der Waals surface area contributed by atoms with E-state index in [0.29, 0.717) is 11.3 Å². The summed E-state index contributed by atoms with van der Waals surface area (Å²) in [6, 6.07) is 6.77. The molecule has 0 radical (unpaired) electrons. The molecule has 1 saturated carbocycles. The lowest BCUT2D eigenvalue weighted by molar-refractivity contribution is -0.384. The SMILES string of the molecule is CC1(C)CCCCC1C(Cl)Cc1ccc([N+](=O)[O-])cc1. The molecule has 0 heterocycles. The molecule has 0 N–H and O–H groups in total. The average molecular weight is 296 g/mol. The van der Waals surface area contributed by atoms with Crippen LogP contribution in [-0.4, -0.2) is 10.3 Å². The van der Waals surface area contributed by atoms with Gasteiger partial charge in [0.15, 0.2) is 0 Å². The van der Waals surface area contributed by atoms with Gasteiger partial charge in [-0.05, 0) is 36.2 Å². The van der Waals surface area contributed by atoms with E-state index < -0.39 is 0 Å². The summed E-state index contributed by atoms with van der Waals surface area (Å²) in [7, 11) is 0. The Kier molecular flexibility index (Phi) is 4.69. The number of nitro benzene ring substituents is 1. The van der Waals surface area contributed by atoms with Crippen molar-refractivity contribution in [3.05, 3.63) is 39.9 Å². The summed E-state index contributed by atoms with van der Waals surface area (Å²) in [4.78, 5) is 10.3. The van der Waals surface area contributed by atoms with Gasteiger partial charge in [0.05, 0.1) is 4.92 Å². The van der Waals surface area contributed by atoms with Gasteiger partial charge in [0.1, 0.15) is 0 Å². The molecular weight excluding hydrogens is 274 g/mol. The molecule has 1 aromatic carbocycles. The zero-order valence-electron chi connectivity index (χ0n) is 12.1. The first-order valence-electron chi connectivity index (χ1n) is 7.27. The molecule has 0 amide bonds. The van der Waals surface area contributed by atoms with E-state index in [9.17, 15) is 10.1 Å². The van der Waals surface area contributed by atoms with Crippen molar-refractivity contribution in [1.29, 1.82) is 0 Å². The molecule has 2 atom stereocenters.